The van der Waals surface area contributed by atoms with E-state index in [4.69, 9.17) is 13.6 Å². The van der Waals surface area contributed by atoms with E-state index in [1.165, 1.54) is 11.8 Å². The minimum absolute atomic E-state index is 0.0287. The first kappa shape index (κ1) is 28.6. The largest absolute Gasteiger partial charge is 0.481 e. The molecule has 2 atom stereocenters. The van der Waals surface area contributed by atoms with Crippen molar-refractivity contribution in [3.05, 3.63) is 12.7 Å². The molecule has 9 nitrogen and oxygen atoms in total. The van der Waals surface area contributed by atoms with Gasteiger partial charge in [0.15, 0.2) is 0 Å². The fourth-order valence-electron chi connectivity index (χ4n) is 2.55. The van der Waals surface area contributed by atoms with Gasteiger partial charge in [-0.15, -0.1) is 0 Å². The van der Waals surface area contributed by atoms with E-state index in [-0.39, 0.29) is 25.4 Å². The van der Waals surface area contributed by atoms with Crippen LogP contribution in [0.4, 0.5) is 0 Å². The molecule has 0 radical (unpaired) electrons. The highest BCUT2D eigenvalue weighted by Gasteiger charge is 2.44. The third-order valence-electron chi connectivity index (χ3n) is 4.54. The summed E-state index contributed by atoms with van der Waals surface area (Å²) in [6.07, 6.45) is -0.210. The van der Waals surface area contributed by atoms with E-state index in [0.717, 1.165) is 6.08 Å². The van der Waals surface area contributed by atoms with Crippen molar-refractivity contribution in [1.82, 2.24) is 0 Å². The van der Waals surface area contributed by atoms with Crippen LogP contribution in [-0.4, -0.2) is 81.3 Å². The molecule has 0 amide bonds. The van der Waals surface area contributed by atoms with Gasteiger partial charge in [0.05, 0.1) is 10.8 Å². The van der Waals surface area contributed by atoms with Crippen LogP contribution in [0.1, 0.15) is 27.2 Å². The third kappa shape index (κ3) is 9.60. The zero-order valence-electron chi connectivity index (χ0n) is 18.6. The number of aliphatic hydroxyl groups excluding tert-OH is 1. The molecule has 0 aromatic rings. The Hall–Kier alpha value is -1.40. The summed E-state index contributed by atoms with van der Waals surface area (Å²) in [7, 11) is 0.788. The molecule has 0 saturated heterocycles. The van der Waals surface area contributed by atoms with Crippen LogP contribution in [0.15, 0.2) is 12.7 Å². The van der Waals surface area contributed by atoms with Crippen LogP contribution in [0.3, 0.4) is 0 Å². The van der Waals surface area contributed by atoms with Crippen molar-refractivity contribution >= 4 is 38.2 Å². The average Bonchev–Trinajstić information content (AvgIpc) is 2.69. The molecule has 0 saturated carbocycles. The molecule has 0 aromatic heterocycles. The normalized spacial score (nSPS) is 15.0. The zero-order chi connectivity index (χ0) is 23.6. The number of rotatable bonds is 15. The maximum atomic E-state index is 12.5. The minimum atomic E-state index is -2.35. The minimum Gasteiger partial charge on any atom is -0.481 e. The number of carbonyl (C=O) groups excluding carboxylic acids is 2. The van der Waals surface area contributed by atoms with Crippen molar-refractivity contribution in [2.75, 3.05) is 38.6 Å². The van der Waals surface area contributed by atoms with Gasteiger partial charge in [-0.2, -0.15) is 11.8 Å². The van der Waals surface area contributed by atoms with Crippen LogP contribution in [0.25, 0.3) is 0 Å². The number of hydrogen-bond donors (Lipinski definition) is 2. The number of carboxylic acid groups (broad SMARTS) is 1. The first-order chi connectivity index (χ1) is 13.7. The summed E-state index contributed by atoms with van der Waals surface area (Å²) in [5.41, 5.74) is -2.31. The fourth-order valence-corrected chi connectivity index (χ4v) is 6.23. The third-order valence-corrected chi connectivity index (χ3v) is 10.0. The van der Waals surface area contributed by atoms with Gasteiger partial charge < -0.3 is 28.5 Å². The molecule has 2 N–H and O–H groups in total. The van der Waals surface area contributed by atoms with Gasteiger partial charge in [-0.3, -0.25) is 9.59 Å². The van der Waals surface area contributed by atoms with Gasteiger partial charge in [0.2, 0.25) is 0 Å². The highest BCUT2D eigenvalue weighted by atomic mass is 32.2. The van der Waals surface area contributed by atoms with E-state index in [0.29, 0.717) is 5.38 Å². The van der Waals surface area contributed by atoms with Gasteiger partial charge in [0.25, 0.3) is 0 Å². The van der Waals surface area contributed by atoms with Gasteiger partial charge >= 0.3 is 26.5 Å². The van der Waals surface area contributed by atoms with Gasteiger partial charge in [0, 0.05) is 31.4 Å². The van der Waals surface area contributed by atoms with Crippen molar-refractivity contribution in [2.24, 2.45) is 10.8 Å². The SMILES string of the molecule is C=CC(=O)OCC(O)COC(=O)C(C)(C)CC(C)(CSC[Si](C)(OC)OC)C(=O)O. The lowest BCUT2D eigenvalue weighted by Crippen LogP contribution is -2.42. The van der Waals surface area contributed by atoms with Crippen molar-refractivity contribution in [3.8, 4) is 0 Å². The second-order valence-electron chi connectivity index (χ2n) is 8.05. The molecule has 0 spiro atoms. The predicted molar refractivity (Wildman–Crippen MR) is 115 cm³/mol. The topological polar surface area (TPSA) is 129 Å². The van der Waals surface area contributed by atoms with Crippen LogP contribution in [0, 0.1) is 10.8 Å². The van der Waals surface area contributed by atoms with E-state index in [1.54, 1.807) is 35.0 Å². The van der Waals surface area contributed by atoms with Crippen LogP contribution < -0.4 is 0 Å². The first-order valence-corrected chi connectivity index (χ1v) is 13.0. The lowest BCUT2D eigenvalue weighted by molar-refractivity contribution is -0.162. The average molecular weight is 467 g/mol. The molecule has 0 fully saturated rings. The van der Waals surface area contributed by atoms with Crippen molar-refractivity contribution in [3.63, 3.8) is 0 Å². The predicted octanol–water partition coefficient (Wildman–Crippen LogP) is 1.76. The first-order valence-electron chi connectivity index (χ1n) is 9.31. The summed E-state index contributed by atoms with van der Waals surface area (Å²) >= 11 is 1.41. The standard InChI is InChI=1S/C19H34O9SSi/c1-8-15(21)27-9-14(20)10-28-17(24)18(2,3)11-19(4,16(22)23)12-29-13-30(7,25-5)26-6/h8,14,20H,1,9-13H2,2-7H3,(H,22,23). The molecule has 0 rings (SSSR count). The van der Waals surface area contributed by atoms with Gasteiger partial charge in [-0.05, 0) is 33.7 Å². The second-order valence-corrected chi connectivity index (χ2v) is 13.0. The molecule has 174 valence electrons. The Bertz CT molecular complexity index is 607. The molecule has 30 heavy (non-hydrogen) atoms. The van der Waals surface area contributed by atoms with E-state index >= 15 is 0 Å². The molecule has 0 aliphatic carbocycles. The van der Waals surface area contributed by atoms with Crippen LogP contribution in [-0.2, 0) is 32.7 Å². The summed E-state index contributed by atoms with van der Waals surface area (Å²) in [6.45, 7) is 9.17. The van der Waals surface area contributed by atoms with Gasteiger partial charge in [0.1, 0.15) is 19.3 Å². The number of hydrogen-bond acceptors (Lipinski definition) is 9. The molecule has 0 heterocycles. The quantitative estimate of drug-likeness (QED) is 0.209. The lowest BCUT2D eigenvalue weighted by atomic mass is 9.75. The summed E-state index contributed by atoms with van der Waals surface area (Å²) in [5.74, 6) is -2.11. The Morgan fingerprint density at radius 3 is 2.13 bits per heavy atom. The van der Waals surface area contributed by atoms with Crippen molar-refractivity contribution in [1.29, 1.82) is 0 Å². The Morgan fingerprint density at radius 1 is 1.13 bits per heavy atom. The summed E-state index contributed by atoms with van der Waals surface area (Å²) < 4.78 is 20.6. The van der Waals surface area contributed by atoms with E-state index < -0.39 is 43.4 Å². The monoisotopic (exact) mass is 466 g/mol. The number of thioether (sulfide) groups is 1. The number of esters is 2. The molecule has 0 aromatic carbocycles. The van der Waals surface area contributed by atoms with Crippen LogP contribution in [0.5, 0.6) is 0 Å². The van der Waals surface area contributed by atoms with E-state index in [1.807, 2.05) is 6.55 Å². The molecular weight excluding hydrogens is 432 g/mol. The number of ether oxygens (including phenoxy) is 2. The molecule has 0 bridgehead atoms. The Labute approximate surface area is 183 Å². The maximum Gasteiger partial charge on any atom is 0.344 e. The second kappa shape index (κ2) is 12.5. The molecule has 2 unspecified atom stereocenters. The summed E-state index contributed by atoms with van der Waals surface area (Å²) in [4.78, 5) is 35.4. The number of aliphatic hydroxyl groups is 1. The van der Waals surface area contributed by atoms with E-state index in [9.17, 15) is 24.6 Å². The molecule has 0 aliphatic heterocycles. The summed E-state index contributed by atoms with van der Waals surface area (Å²) in [5, 5.41) is 20.1. The number of carboxylic acids is 1. The zero-order valence-corrected chi connectivity index (χ0v) is 20.4. The van der Waals surface area contributed by atoms with Gasteiger partial charge in [-0.1, -0.05) is 6.58 Å². The Kier molecular flexibility index (Phi) is 11.9. The Morgan fingerprint density at radius 2 is 1.67 bits per heavy atom. The molecular formula is C19H34O9SSi. The number of aliphatic carboxylic acids is 1. The van der Waals surface area contributed by atoms with Crippen LogP contribution >= 0.6 is 11.8 Å². The smallest absolute Gasteiger partial charge is 0.344 e. The van der Waals surface area contributed by atoms with Crippen molar-refractivity contribution < 1.29 is 42.9 Å². The van der Waals surface area contributed by atoms with E-state index in [2.05, 4.69) is 11.3 Å². The lowest BCUT2D eigenvalue weighted by Gasteiger charge is -2.33. The highest BCUT2D eigenvalue weighted by molar-refractivity contribution is 8.00. The van der Waals surface area contributed by atoms with Crippen LogP contribution in [0.2, 0.25) is 6.55 Å². The number of carbonyl (C=O) groups is 3. The highest BCUT2D eigenvalue weighted by Crippen LogP contribution is 2.38. The maximum absolute atomic E-state index is 12.5. The Balaban J connectivity index is 4.89. The fraction of sp³-hybridized carbons (Fsp3) is 0.737. The molecule has 0 aliphatic rings. The molecule has 11 heteroatoms. The van der Waals surface area contributed by atoms with Gasteiger partial charge in [-0.25, -0.2) is 4.79 Å². The summed E-state index contributed by atoms with van der Waals surface area (Å²) in [6, 6.07) is 0. The van der Waals surface area contributed by atoms with Crippen molar-refractivity contribution in [2.45, 2.75) is 39.8 Å².